The van der Waals surface area contributed by atoms with Crippen molar-refractivity contribution in [1.29, 1.82) is 0 Å². The average molecular weight is 368 g/mol. The van der Waals surface area contributed by atoms with Crippen LogP contribution in [-0.2, 0) is 6.54 Å². The fourth-order valence-corrected chi connectivity index (χ4v) is 3.43. The standard InChI is InChI=1S/C20H28N6O/c1-15-13-23-17(16(2)19(15)27-4)14-24-20(21-3)26-11-9-25(10-12-26)18-7-5-6-8-22-18/h5-8,13H,9-12,14H2,1-4H3,(H,21,24). The lowest BCUT2D eigenvalue weighted by atomic mass is 10.1. The van der Waals surface area contributed by atoms with Crippen LogP contribution >= 0.6 is 0 Å². The molecule has 3 rings (SSSR count). The van der Waals surface area contributed by atoms with Gasteiger partial charge in [0, 0.05) is 56.7 Å². The van der Waals surface area contributed by atoms with Gasteiger partial charge < -0.3 is 19.9 Å². The monoisotopic (exact) mass is 368 g/mol. The van der Waals surface area contributed by atoms with E-state index < -0.39 is 0 Å². The number of ether oxygens (including phenoxy) is 1. The Balaban J connectivity index is 1.59. The average Bonchev–Trinajstić information content (AvgIpc) is 2.71. The molecule has 1 saturated heterocycles. The number of methoxy groups -OCH3 is 1. The second-order valence-corrected chi connectivity index (χ2v) is 6.61. The molecule has 0 atom stereocenters. The molecule has 2 aromatic heterocycles. The summed E-state index contributed by atoms with van der Waals surface area (Å²) in [7, 11) is 3.52. The van der Waals surface area contributed by atoms with Crippen LogP contribution in [0, 0.1) is 13.8 Å². The van der Waals surface area contributed by atoms with E-state index in [2.05, 4.69) is 36.1 Å². The summed E-state index contributed by atoms with van der Waals surface area (Å²) in [4.78, 5) is 18.0. The van der Waals surface area contributed by atoms with Gasteiger partial charge in [-0.2, -0.15) is 0 Å². The van der Waals surface area contributed by atoms with Crippen LogP contribution in [0.4, 0.5) is 5.82 Å². The van der Waals surface area contributed by atoms with Gasteiger partial charge in [0.1, 0.15) is 11.6 Å². The Labute approximate surface area is 161 Å². The molecule has 1 aliphatic rings. The summed E-state index contributed by atoms with van der Waals surface area (Å²) in [6, 6.07) is 6.03. The Morgan fingerprint density at radius 1 is 1.19 bits per heavy atom. The number of piperazine rings is 1. The molecule has 0 aliphatic carbocycles. The number of anilines is 1. The van der Waals surface area contributed by atoms with E-state index in [4.69, 9.17) is 4.74 Å². The first-order valence-corrected chi connectivity index (χ1v) is 9.24. The minimum absolute atomic E-state index is 0.621. The predicted octanol–water partition coefficient (Wildman–Crippen LogP) is 2.00. The maximum Gasteiger partial charge on any atom is 0.194 e. The van der Waals surface area contributed by atoms with E-state index >= 15 is 0 Å². The first-order valence-electron chi connectivity index (χ1n) is 9.24. The zero-order valence-corrected chi connectivity index (χ0v) is 16.6. The van der Waals surface area contributed by atoms with Gasteiger partial charge in [-0.1, -0.05) is 6.07 Å². The maximum atomic E-state index is 5.50. The zero-order chi connectivity index (χ0) is 19.2. The van der Waals surface area contributed by atoms with Gasteiger partial charge in [-0.05, 0) is 26.0 Å². The van der Waals surface area contributed by atoms with E-state index in [1.165, 1.54) is 0 Å². The van der Waals surface area contributed by atoms with Gasteiger partial charge in [-0.25, -0.2) is 4.98 Å². The minimum Gasteiger partial charge on any atom is -0.496 e. The van der Waals surface area contributed by atoms with Gasteiger partial charge in [0.15, 0.2) is 5.96 Å². The summed E-state index contributed by atoms with van der Waals surface area (Å²) in [5.41, 5.74) is 3.10. The number of aliphatic imine (C=N–C) groups is 1. The molecule has 1 fully saturated rings. The van der Waals surface area contributed by atoms with E-state index in [1.54, 1.807) is 7.11 Å². The highest BCUT2D eigenvalue weighted by Gasteiger charge is 2.20. The number of nitrogens with one attached hydrogen (secondary N) is 1. The molecular weight excluding hydrogens is 340 g/mol. The molecular formula is C20H28N6O. The van der Waals surface area contributed by atoms with Crippen LogP contribution in [0.5, 0.6) is 5.75 Å². The molecule has 0 bridgehead atoms. The molecule has 7 heteroatoms. The fraction of sp³-hybridized carbons (Fsp3) is 0.450. The summed E-state index contributed by atoms with van der Waals surface area (Å²) in [5, 5.41) is 3.45. The molecule has 0 amide bonds. The lowest BCUT2D eigenvalue weighted by Crippen LogP contribution is -2.52. The highest BCUT2D eigenvalue weighted by Crippen LogP contribution is 2.23. The summed E-state index contributed by atoms with van der Waals surface area (Å²) in [5.74, 6) is 2.84. The number of nitrogens with zero attached hydrogens (tertiary/aromatic N) is 5. The van der Waals surface area contributed by atoms with Crippen molar-refractivity contribution in [3.8, 4) is 5.75 Å². The highest BCUT2D eigenvalue weighted by atomic mass is 16.5. The number of aromatic nitrogens is 2. The molecule has 27 heavy (non-hydrogen) atoms. The number of aryl methyl sites for hydroxylation is 1. The van der Waals surface area contributed by atoms with Crippen LogP contribution in [-0.4, -0.2) is 61.2 Å². The number of hydrogen-bond acceptors (Lipinski definition) is 5. The second kappa shape index (κ2) is 8.70. The van der Waals surface area contributed by atoms with E-state index in [0.717, 1.165) is 60.5 Å². The third-order valence-corrected chi connectivity index (χ3v) is 4.93. The van der Waals surface area contributed by atoms with Gasteiger partial charge in [-0.15, -0.1) is 0 Å². The molecule has 144 valence electrons. The van der Waals surface area contributed by atoms with Crippen LogP contribution in [0.1, 0.15) is 16.8 Å². The highest BCUT2D eigenvalue weighted by molar-refractivity contribution is 5.80. The van der Waals surface area contributed by atoms with E-state index in [1.807, 2.05) is 45.4 Å². The van der Waals surface area contributed by atoms with Crippen LogP contribution in [0.25, 0.3) is 0 Å². The van der Waals surface area contributed by atoms with Crippen molar-refractivity contribution in [2.24, 2.45) is 4.99 Å². The number of hydrogen-bond donors (Lipinski definition) is 1. The Morgan fingerprint density at radius 2 is 1.96 bits per heavy atom. The van der Waals surface area contributed by atoms with Gasteiger partial charge >= 0.3 is 0 Å². The Bertz CT molecular complexity index is 785. The number of guanidine groups is 1. The van der Waals surface area contributed by atoms with Gasteiger partial charge in [-0.3, -0.25) is 9.98 Å². The van der Waals surface area contributed by atoms with Crippen LogP contribution < -0.4 is 15.0 Å². The molecule has 0 aromatic carbocycles. The van der Waals surface area contributed by atoms with Crippen molar-refractivity contribution in [3.63, 3.8) is 0 Å². The molecule has 7 nitrogen and oxygen atoms in total. The zero-order valence-electron chi connectivity index (χ0n) is 16.6. The SMILES string of the molecule is CN=C(NCc1ncc(C)c(OC)c1C)N1CCN(c2ccccn2)CC1. The van der Waals surface area contributed by atoms with Crippen molar-refractivity contribution in [2.45, 2.75) is 20.4 Å². The molecule has 3 heterocycles. The smallest absolute Gasteiger partial charge is 0.194 e. The van der Waals surface area contributed by atoms with E-state index in [9.17, 15) is 0 Å². The number of pyridine rings is 2. The lowest BCUT2D eigenvalue weighted by molar-refractivity contribution is 0.371. The largest absolute Gasteiger partial charge is 0.496 e. The third kappa shape index (κ3) is 4.30. The Kier molecular flexibility index (Phi) is 6.11. The molecule has 1 aliphatic heterocycles. The lowest BCUT2D eigenvalue weighted by Gasteiger charge is -2.37. The third-order valence-electron chi connectivity index (χ3n) is 4.93. The molecule has 0 radical (unpaired) electrons. The van der Waals surface area contributed by atoms with Crippen molar-refractivity contribution in [1.82, 2.24) is 20.2 Å². The summed E-state index contributed by atoms with van der Waals surface area (Å²) < 4.78 is 5.50. The minimum atomic E-state index is 0.621. The number of rotatable bonds is 4. The summed E-state index contributed by atoms with van der Waals surface area (Å²) >= 11 is 0. The molecule has 1 N–H and O–H groups in total. The second-order valence-electron chi connectivity index (χ2n) is 6.61. The van der Waals surface area contributed by atoms with Crippen LogP contribution in [0.2, 0.25) is 0 Å². The predicted molar refractivity (Wildman–Crippen MR) is 108 cm³/mol. The van der Waals surface area contributed by atoms with Crippen molar-refractivity contribution < 1.29 is 4.74 Å². The summed E-state index contributed by atoms with van der Waals surface area (Å²) in [6.07, 6.45) is 3.70. The topological polar surface area (TPSA) is 65.9 Å². The Morgan fingerprint density at radius 3 is 2.59 bits per heavy atom. The molecule has 0 spiro atoms. The fourth-order valence-electron chi connectivity index (χ4n) is 3.43. The quantitative estimate of drug-likeness (QED) is 0.658. The van der Waals surface area contributed by atoms with Crippen molar-refractivity contribution in [3.05, 3.63) is 47.4 Å². The van der Waals surface area contributed by atoms with Crippen LogP contribution in [0.15, 0.2) is 35.6 Å². The molecule has 0 unspecified atom stereocenters. The van der Waals surface area contributed by atoms with Gasteiger partial charge in [0.2, 0.25) is 0 Å². The van der Waals surface area contributed by atoms with E-state index in [-0.39, 0.29) is 0 Å². The first kappa shape index (κ1) is 18.9. The van der Waals surface area contributed by atoms with E-state index in [0.29, 0.717) is 6.54 Å². The maximum absolute atomic E-state index is 5.50. The Hall–Kier alpha value is -2.83. The molecule has 0 saturated carbocycles. The normalized spacial score (nSPS) is 15.0. The first-order chi connectivity index (χ1) is 13.1. The van der Waals surface area contributed by atoms with Gasteiger partial charge in [0.25, 0.3) is 0 Å². The van der Waals surface area contributed by atoms with Gasteiger partial charge in [0.05, 0.1) is 19.3 Å². The van der Waals surface area contributed by atoms with Crippen molar-refractivity contribution in [2.75, 3.05) is 45.2 Å². The van der Waals surface area contributed by atoms with Crippen LogP contribution in [0.3, 0.4) is 0 Å². The van der Waals surface area contributed by atoms with Crippen molar-refractivity contribution >= 4 is 11.8 Å². The summed E-state index contributed by atoms with van der Waals surface area (Å²) in [6.45, 7) is 8.33. The molecule has 2 aromatic rings.